The van der Waals surface area contributed by atoms with Crippen molar-refractivity contribution < 1.29 is 0 Å². The minimum absolute atomic E-state index is 0.648. The minimum atomic E-state index is 0.648. The Hall–Kier alpha value is -1.42. The maximum absolute atomic E-state index is 4.71. The molecule has 1 aliphatic rings. The smallest absolute Gasteiger partial charge is 0.160 e. The van der Waals surface area contributed by atoms with Crippen LogP contribution in [-0.4, -0.2) is 38.6 Å². The lowest BCUT2D eigenvalue weighted by molar-refractivity contribution is 0.244. The zero-order valence-electron chi connectivity index (χ0n) is 11.8. The van der Waals surface area contributed by atoms with Crippen LogP contribution >= 0.6 is 0 Å². The molecule has 1 aliphatic heterocycles. The molecule has 102 valence electrons. The van der Waals surface area contributed by atoms with Crippen molar-refractivity contribution in [1.29, 1.82) is 0 Å². The summed E-state index contributed by atoms with van der Waals surface area (Å²) < 4.78 is 2.33. The molecule has 0 N–H and O–H groups in total. The van der Waals surface area contributed by atoms with Gasteiger partial charge < -0.3 is 4.57 Å². The maximum Gasteiger partial charge on any atom is 0.160 e. The molecular formula is C15H22N4. The van der Waals surface area contributed by atoms with Crippen molar-refractivity contribution in [1.82, 2.24) is 19.4 Å². The van der Waals surface area contributed by atoms with E-state index in [0.29, 0.717) is 6.04 Å². The fraction of sp³-hybridized carbons (Fsp3) is 0.600. The average Bonchev–Trinajstić information content (AvgIpc) is 3.04. The fourth-order valence-electron chi connectivity index (χ4n) is 3.20. The molecule has 1 fully saturated rings. The van der Waals surface area contributed by atoms with Crippen molar-refractivity contribution in [3.8, 4) is 0 Å². The molecular weight excluding hydrogens is 236 g/mol. The first-order valence-corrected chi connectivity index (χ1v) is 7.37. The van der Waals surface area contributed by atoms with Gasteiger partial charge in [-0.1, -0.05) is 13.8 Å². The Labute approximate surface area is 114 Å². The van der Waals surface area contributed by atoms with Crippen LogP contribution in [0.2, 0.25) is 0 Å². The number of pyridine rings is 1. The second-order valence-corrected chi connectivity index (χ2v) is 5.26. The van der Waals surface area contributed by atoms with Crippen LogP contribution in [0.1, 0.15) is 32.5 Å². The molecule has 0 spiro atoms. The number of aromatic nitrogens is 3. The first-order chi connectivity index (χ1) is 9.33. The number of imidazole rings is 1. The number of hydrogen-bond acceptors (Lipinski definition) is 3. The number of likely N-dealkylation sites (tertiary alicyclic amines) is 1. The number of fused-ring (bicyclic) bond motifs is 1. The third kappa shape index (κ3) is 2.25. The highest BCUT2D eigenvalue weighted by atomic mass is 15.2. The number of likely N-dealkylation sites (N-methyl/N-ethyl adjacent to an activating group) is 1. The van der Waals surface area contributed by atoms with E-state index in [-0.39, 0.29) is 0 Å². The molecule has 0 saturated carbocycles. The van der Waals surface area contributed by atoms with Crippen molar-refractivity contribution in [3.63, 3.8) is 0 Å². The van der Waals surface area contributed by atoms with E-state index < -0.39 is 0 Å². The van der Waals surface area contributed by atoms with E-state index in [1.54, 1.807) is 0 Å². The Morgan fingerprint density at radius 2 is 2.26 bits per heavy atom. The number of nitrogens with zero attached hydrogens (tertiary/aromatic N) is 4. The van der Waals surface area contributed by atoms with Gasteiger partial charge >= 0.3 is 0 Å². The molecule has 2 aromatic heterocycles. The van der Waals surface area contributed by atoms with Gasteiger partial charge in [0.2, 0.25) is 0 Å². The van der Waals surface area contributed by atoms with Crippen molar-refractivity contribution in [2.75, 3.05) is 13.1 Å². The van der Waals surface area contributed by atoms with E-state index in [2.05, 4.69) is 34.4 Å². The summed E-state index contributed by atoms with van der Waals surface area (Å²) in [7, 11) is 0. The van der Waals surface area contributed by atoms with E-state index in [4.69, 9.17) is 4.98 Å². The highest BCUT2D eigenvalue weighted by Crippen LogP contribution is 2.22. The lowest BCUT2D eigenvalue weighted by Gasteiger charge is -2.23. The molecule has 1 saturated heterocycles. The van der Waals surface area contributed by atoms with Crippen LogP contribution in [0.25, 0.3) is 11.2 Å². The standard InChI is InChI=1S/C15H22N4/c1-3-14-17-13-8-5-9-16-15(13)19(14)11-12-7-6-10-18(12)4-2/h5,8-9,12H,3-4,6-7,10-11H2,1-2H3. The van der Waals surface area contributed by atoms with E-state index in [1.807, 2.05) is 12.3 Å². The van der Waals surface area contributed by atoms with Gasteiger partial charge in [0.25, 0.3) is 0 Å². The largest absolute Gasteiger partial charge is 0.311 e. The lowest BCUT2D eigenvalue weighted by Crippen LogP contribution is -2.33. The summed E-state index contributed by atoms with van der Waals surface area (Å²) >= 11 is 0. The van der Waals surface area contributed by atoms with Gasteiger partial charge in [-0.2, -0.15) is 0 Å². The molecule has 4 heteroatoms. The van der Waals surface area contributed by atoms with Crippen molar-refractivity contribution in [2.45, 2.75) is 45.7 Å². The molecule has 0 radical (unpaired) electrons. The molecule has 19 heavy (non-hydrogen) atoms. The fourth-order valence-corrected chi connectivity index (χ4v) is 3.20. The second kappa shape index (κ2) is 5.29. The minimum Gasteiger partial charge on any atom is -0.311 e. The van der Waals surface area contributed by atoms with Crippen LogP contribution in [0.3, 0.4) is 0 Å². The van der Waals surface area contributed by atoms with Gasteiger partial charge in [-0.05, 0) is 38.1 Å². The van der Waals surface area contributed by atoms with Crippen LogP contribution in [-0.2, 0) is 13.0 Å². The summed E-state index contributed by atoms with van der Waals surface area (Å²) in [4.78, 5) is 11.8. The Balaban J connectivity index is 1.95. The van der Waals surface area contributed by atoms with Gasteiger partial charge in [-0.15, -0.1) is 0 Å². The topological polar surface area (TPSA) is 34.0 Å². The lowest BCUT2D eigenvalue weighted by atomic mass is 10.2. The number of rotatable bonds is 4. The van der Waals surface area contributed by atoms with Crippen molar-refractivity contribution in [3.05, 3.63) is 24.2 Å². The zero-order chi connectivity index (χ0) is 13.2. The normalized spacial score (nSPS) is 20.4. The molecule has 0 amide bonds. The van der Waals surface area contributed by atoms with Gasteiger partial charge in [0.15, 0.2) is 5.65 Å². The number of aryl methyl sites for hydroxylation is 1. The average molecular weight is 258 g/mol. The monoisotopic (exact) mass is 258 g/mol. The van der Waals surface area contributed by atoms with Gasteiger partial charge in [0.1, 0.15) is 11.3 Å². The summed E-state index contributed by atoms with van der Waals surface area (Å²) in [5, 5.41) is 0. The SMILES string of the molecule is CCc1nc2cccnc2n1CC1CCCN1CC. The summed E-state index contributed by atoms with van der Waals surface area (Å²) in [6, 6.07) is 4.67. The molecule has 4 nitrogen and oxygen atoms in total. The Bertz CT molecular complexity index is 560. The van der Waals surface area contributed by atoms with Gasteiger partial charge in [-0.3, -0.25) is 4.90 Å². The van der Waals surface area contributed by atoms with Crippen LogP contribution in [0.15, 0.2) is 18.3 Å². The molecule has 0 aliphatic carbocycles. The highest BCUT2D eigenvalue weighted by molar-refractivity contribution is 5.71. The third-order valence-electron chi connectivity index (χ3n) is 4.20. The highest BCUT2D eigenvalue weighted by Gasteiger charge is 2.24. The van der Waals surface area contributed by atoms with E-state index in [9.17, 15) is 0 Å². The molecule has 3 heterocycles. The van der Waals surface area contributed by atoms with Crippen molar-refractivity contribution >= 4 is 11.2 Å². The Kier molecular flexibility index (Phi) is 3.51. The zero-order valence-corrected chi connectivity index (χ0v) is 11.8. The third-order valence-corrected chi connectivity index (χ3v) is 4.20. The summed E-state index contributed by atoms with van der Waals surface area (Å²) in [5.74, 6) is 1.16. The molecule has 1 atom stereocenters. The number of hydrogen-bond donors (Lipinski definition) is 0. The first kappa shape index (κ1) is 12.6. The molecule has 2 aromatic rings. The molecule has 3 rings (SSSR count). The quantitative estimate of drug-likeness (QED) is 0.845. The van der Waals surface area contributed by atoms with Crippen LogP contribution in [0, 0.1) is 0 Å². The van der Waals surface area contributed by atoms with Crippen LogP contribution in [0.4, 0.5) is 0 Å². The Morgan fingerprint density at radius 3 is 3.05 bits per heavy atom. The maximum atomic E-state index is 4.71. The van der Waals surface area contributed by atoms with E-state index in [0.717, 1.165) is 36.5 Å². The summed E-state index contributed by atoms with van der Waals surface area (Å²) in [6.07, 6.45) is 5.45. The molecule has 0 bridgehead atoms. The molecule has 1 unspecified atom stereocenters. The van der Waals surface area contributed by atoms with Crippen LogP contribution in [0.5, 0.6) is 0 Å². The first-order valence-electron chi connectivity index (χ1n) is 7.37. The van der Waals surface area contributed by atoms with Gasteiger partial charge in [0, 0.05) is 25.2 Å². The van der Waals surface area contributed by atoms with E-state index in [1.165, 1.54) is 19.4 Å². The van der Waals surface area contributed by atoms with Crippen molar-refractivity contribution in [2.24, 2.45) is 0 Å². The Morgan fingerprint density at radius 1 is 1.37 bits per heavy atom. The van der Waals surface area contributed by atoms with Crippen LogP contribution < -0.4 is 0 Å². The van der Waals surface area contributed by atoms with E-state index >= 15 is 0 Å². The second-order valence-electron chi connectivity index (χ2n) is 5.26. The molecule has 0 aromatic carbocycles. The van der Waals surface area contributed by atoms with Gasteiger partial charge in [0.05, 0.1) is 0 Å². The predicted molar refractivity (Wildman–Crippen MR) is 77.2 cm³/mol. The summed E-state index contributed by atoms with van der Waals surface area (Å²) in [5.41, 5.74) is 2.07. The summed E-state index contributed by atoms with van der Waals surface area (Å²) in [6.45, 7) is 7.84. The predicted octanol–water partition coefficient (Wildman–Crippen LogP) is 2.48. The van der Waals surface area contributed by atoms with Gasteiger partial charge in [-0.25, -0.2) is 9.97 Å².